The molecule has 5 N–H and O–H groups in total. The number of amides is 1. The van der Waals surface area contributed by atoms with Gasteiger partial charge in [0.25, 0.3) is 5.91 Å². The monoisotopic (exact) mass is 283 g/mol. The van der Waals surface area contributed by atoms with Crippen molar-refractivity contribution in [2.45, 2.75) is 30.6 Å². The zero-order valence-corrected chi connectivity index (χ0v) is 10.6. The quantitative estimate of drug-likeness (QED) is 0.447. The lowest BCUT2D eigenvalue weighted by molar-refractivity contribution is -0.260. The Bertz CT molecular complexity index is 453. The number of nitrogens with one attached hydrogen (secondary N) is 1. The fraction of sp³-hybridized carbons (Fsp3) is 0.462. The van der Waals surface area contributed by atoms with Crippen molar-refractivity contribution >= 4 is 5.91 Å². The second-order valence-electron chi connectivity index (χ2n) is 4.59. The minimum absolute atomic E-state index is 0.355. The van der Waals surface area contributed by atoms with E-state index in [2.05, 4.69) is 5.32 Å². The van der Waals surface area contributed by atoms with Crippen molar-refractivity contribution in [3.63, 3.8) is 0 Å². The second kappa shape index (κ2) is 6.29. The number of hydrogen-bond acceptors (Lipinski definition) is 6. The molecule has 1 aliphatic rings. The summed E-state index contributed by atoms with van der Waals surface area (Å²) in [6.45, 7) is -0.539. The highest BCUT2D eigenvalue weighted by Crippen LogP contribution is 2.20. The van der Waals surface area contributed by atoms with E-state index < -0.39 is 43.2 Å². The van der Waals surface area contributed by atoms with Crippen LogP contribution < -0.4 is 5.32 Å². The van der Waals surface area contributed by atoms with Crippen LogP contribution in [0.25, 0.3) is 0 Å². The molecule has 7 nitrogen and oxygen atoms in total. The minimum atomic E-state index is -1.59. The van der Waals surface area contributed by atoms with Crippen LogP contribution in [0.3, 0.4) is 0 Å². The summed E-state index contributed by atoms with van der Waals surface area (Å²) in [4.78, 5) is 12.0. The molecule has 0 saturated carbocycles. The molecule has 0 radical (unpaired) electrons. The summed E-state index contributed by atoms with van der Waals surface area (Å²) in [7, 11) is 0. The summed E-state index contributed by atoms with van der Waals surface area (Å²) in [5.41, 5.74) is 0.355. The van der Waals surface area contributed by atoms with Crippen molar-refractivity contribution < 1.29 is 30.0 Å². The van der Waals surface area contributed by atoms with Crippen LogP contribution >= 0.6 is 0 Å². The van der Waals surface area contributed by atoms with E-state index in [0.717, 1.165) is 0 Å². The second-order valence-corrected chi connectivity index (χ2v) is 4.59. The van der Waals surface area contributed by atoms with Crippen molar-refractivity contribution in [1.82, 2.24) is 5.32 Å². The molecule has 1 heterocycles. The van der Waals surface area contributed by atoms with Gasteiger partial charge in [0.15, 0.2) is 6.29 Å². The number of carbonyl (C=O) groups excluding carboxylic acids is 1. The Morgan fingerprint density at radius 3 is 2.40 bits per heavy atom. The van der Waals surface area contributed by atoms with E-state index in [1.807, 2.05) is 0 Å². The Kier molecular flexibility index (Phi) is 4.69. The van der Waals surface area contributed by atoms with Crippen molar-refractivity contribution in [3.8, 4) is 0 Å². The average molecular weight is 283 g/mol. The molecule has 0 aromatic heterocycles. The van der Waals surface area contributed by atoms with E-state index in [1.54, 1.807) is 30.3 Å². The molecule has 110 valence electrons. The van der Waals surface area contributed by atoms with Crippen molar-refractivity contribution in [3.05, 3.63) is 35.9 Å². The normalized spacial score (nSPS) is 33.7. The number of aliphatic hydroxyl groups excluding tert-OH is 4. The van der Waals surface area contributed by atoms with Gasteiger partial charge in [-0.2, -0.15) is 0 Å². The van der Waals surface area contributed by atoms with Crippen LogP contribution in [0.4, 0.5) is 0 Å². The van der Waals surface area contributed by atoms with Crippen LogP contribution in [0.15, 0.2) is 30.3 Å². The van der Waals surface area contributed by atoms with Crippen LogP contribution in [-0.4, -0.2) is 63.6 Å². The third-order valence-electron chi connectivity index (χ3n) is 3.24. The Labute approximate surface area is 115 Å². The third-order valence-corrected chi connectivity index (χ3v) is 3.24. The van der Waals surface area contributed by atoms with Crippen LogP contribution in [0.1, 0.15) is 10.4 Å². The maximum absolute atomic E-state index is 12.0. The van der Waals surface area contributed by atoms with Gasteiger partial charge in [-0.3, -0.25) is 4.79 Å². The fourth-order valence-electron chi connectivity index (χ4n) is 2.10. The number of benzene rings is 1. The standard InChI is InChI=1S/C13H17NO6/c15-6-8-10(16)9(11(17)13(19)20-8)14-12(18)7-4-2-1-3-5-7/h1-5,8-11,13,15-17,19H,6H2,(H,14,18)/t8-,9+,10+,11-,13+/m0/s1. The number of hydrogen-bond donors (Lipinski definition) is 5. The lowest BCUT2D eigenvalue weighted by atomic mass is 9.96. The third kappa shape index (κ3) is 2.97. The number of carbonyl (C=O) groups is 1. The first-order valence-corrected chi connectivity index (χ1v) is 6.21. The molecule has 7 heteroatoms. The summed E-state index contributed by atoms with van der Waals surface area (Å²) in [5.74, 6) is -0.500. The summed E-state index contributed by atoms with van der Waals surface area (Å²) in [5, 5.41) is 40.7. The van der Waals surface area contributed by atoms with Gasteiger partial charge < -0.3 is 30.5 Å². The molecule has 0 spiro atoms. The largest absolute Gasteiger partial charge is 0.394 e. The predicted molar refractivity (Wildman–Crippen MR) is 67.7 cm³/mol. The van der Waals surface area contributed by atoms with Gasteiger partial charge in [0.1, 0.15) is 18.3 Å². The number of ether oxygens (including phenoxy) is 1. The van der Waals surface area contributed by atoms with Gasteiger partial charge in [0.2, 0.25) is 0 Å². The van der Waals surface area contributed by atoms with Gasteiger partial charge in [-0.1, -0.05) is 18.2 Å². The number of rotatable bonds is 3. The van der Waals surface area contributed by atoms with Gasteiger partial charge in [-0.05, 0) is 12.1 Å². The molecule has 5 atom stereocenters. The zero-order valence-electron chi connectivity index (χ0n) is 10.6. The molecule has 1 aromatic carbocycles. The van der Waals surface area contributed by atoms with E-state index in [0.29, 0.717) is 5.56 Å². The molecule has 0 bridgehead atoms. The summed E-state index contributed by atoms with van der Waals surface area (Å²) in [6.07, 6.45) is -5.47. The topological polar surface area (TPSA) is 119 Å². The van der Waals surface area contributed by atoms with Crippen molar-refractivity contribution in [1.29, 1.82) is 0 Å². The molecule has 20 heavy (non-hydrogen) atoms. The van der Waals surface area contributed by atoms with Gasteiger partial charge in [-0.25, -0.2) is 0 Å². The summed E-state index contributed by atoms with van der Waals surface area (Å²) >= 11 is 0. The molecule has 1 aliphatic heterocycles. The molecule has 1 fully saturated rings. The molecule has 0 aliphatic carbocycles. The highest BCUT2D eigenvalue weighted by molar-refractivity contribution is 5.94. The Balaban J connectivity index is 2.11. The first kappa shape index (κ1) is 14.9. The fourth-order valence-corrected chi connectivity index (χ4v) is 2.10. The number of aliphatic hydroxyl groups is 4. The van der Waals surface area contributed by atoms with Crippen LogP contribution in [0, 0.1) is 0 Å². The Morgan fingerprint density at radius 2 is 1.80 bits per heavy atom. The summed E-state index contributed by atoms with van der Waals surface area (Å²) in [6, 6.07) is 7.12. The smallest absolute Gasteiger partial charge is 0.251 e. The molecular weight excluding hydrogens is 266 g/mol. The van der Waals surface area contributed by atoms with E-state index in [-0.39, 0.29) is 0 Å². The zero-order chi connectivity index (χ0) is 14.7. The molecule has 1 aromatic rings. The summed E-state index contributed by atoms with van der Waals surface area (Å²) < 4.78 is 4.83. The van der Waals surface area contributed by atoms with Crippen molar-refractivity contribution in [2.24, 2.45) is 0 Å². The van der Waals surface area contributed by atoms with E-state index in [1.165, 1.54) is 0 Å². The average Bonchev–Trinajstić information content (AvgIpc) is 2.48. The first-order chi connectivity index (χ1) is 9.54. The molecule has 2 rings (SSSR count). The molecular formula is C13H17NO6. The van der Waals surface area contributed by atoms with Gasteiger partial charge in [0.05, 0.1) is 12.6 Å². The maximum Gasteiger partial charge on any atom is 0.251 e. The highest BCUT2D eigenvalue weighted by atomic mass is 16.6. The highest BCUT2D eigenvalue weighted by Gasteiger charge is 2.44. The van der Waals surface area contributed by atoms with Gasteiger partial charge in [0, 0.05) is 5.56 Å². The molecule has 1 saturated heterocycles. The van der Waals surface area contributed by atoms with Gasteiger partial charge in [-0.15, -0.1) is 0 Å². The Morgan fingerprint density at radius 1 is 1.15 bits per heavy atom. The van der Waals surface area contributed by atoms with Crippen LogP contribution in [0.5, 0.6) is 0 Å². The lowest BCUT2D eigenvalue weighted by Gasteiger charge is -2.40. The molecule has 0 unspecified atom stereocenters. The minimum Gasteiger partial charge on any atom is -0.394 e. The lowest BCUT2D eigenvalue weighted by Crippen LogP contribution is -2.64. The van der Waals surface area contributed by atoms with Crippen molar-refractivity contribution in [2.75, 3.05) is 6.61 Å². The predicted octanol–water partition coefficient (Wildman–Crippen LogP) is -1.78. The van der Waals surface area contributed by atoms with Gasteiger partial charge >= 0.3 is 0 Å². The Hall–Kier alpha value is -1.51. The van der Waals surface area contributed by atoms with E-state index in [9.17, 15) is 20.1 Å². The van der Waals surface area contributed by atoms with Crippen LogP contribution in [0.2, 0.25) is 0 Å². The first-order valence-electron chi connectivity index (χ1n) is 6.21. The van der Waals surface area contributed by atoms with E-state index >= 15 is 0 Å². The van der Waals surface area contributed by atoms with Crippen LogP contribution in [-0.2, 0) is 4.74 Å². The molecule has 1 amide bonds. The van der Waals surface area contributed by atoms with E-state index in [4.69, 9.17) is 9.84 Å². The SMILES string of the molecule is O=C(N[C@H]1[C@H](O)[C@H](O)O[C@@H](CO)[C@H]1O)c1ccccc1. The maximum atomic E-state index is 12.0.